The van der Waals surface area contributed by atoms with Crippen LogP contribution in [0.1, 0.15) is 24.3 Å². The van der Waals surface area contributed by atoms with Gasteiger partial charge in [-0.1, -0.05) is 12.1 Å². The van der Waals surface area contributed by atoms with Crippen molar-refractivity contribution >= 4 is 5.78 Å². The van der Waals surface area contributed by atoms with Crippen molar-refractivity contribution in [3.05, 3.63) is 29.8 Å². The van der Waals surface area contributed by atoms with Crippen LogP contribution in [0, 0.1) is 0 Å². The lowest BCUT2D eigenvalue weighted by Crippen LogP contribution is -2.23. The van der Waals surface area contributed by atoms with E-state index in [1.165, 1.54) is 0 Å². The van der Waals surface area contributed by atoms with Crippen molar-refractivity contribution in [1.82, 2.24) is 0 Å². The van der Waals surface area contributed by atoms with Crippen molar-refractivity contribution in [1.29, 1.82) is 0 Å². The Kier molecular flexibility index (Phi) is 2.05. The number of ketones is 1. The molecule has 1 aromatic rings. The number of hydrogen-bond donors (Lipinski definition) is 0. The molecule has 0 amide bonds. The largest absolute Gasteiger partial charge is 0.497 e. The summed E-state index contributed by atoms with van der Waals surface area (Å²) in [6.07, 6.45) is 1.73. The van der Waals surface area contributed by atoms with Gasteiger partial charge in [0.25, 0.3) is 0 Å². The maximum atomic E-state index is 11.2. The highest BCUT2D eigenvalue weighted by molar-refractivity contribution is 5.91. The van der Waals surface area contributed by atoms with E-state index in [2.05, 4.69) is 0 Å². The van der Waals surface area contributed by atoms with E-state index in [9.17, 15) is 4.79 Å². The summed E-state index contributed by atoms with van der Waals surface area (Å²) in [5, 5.41) is 0. The van der Waals surface area contributed by atoms with Crippen molar-refractivity contribution in [2.75, 3.05) is 7.11 Å². The number of methoxy groups -OCH3 is 1. The Morgan fingerprint density at radius 3 is 2.85 bits per heavy atom. The predicted octanol–water partition coefficient (Wildman–Crippen LogP) is 2.14. The Morgan fingerprint density at radius 1 is 1.46 bits per heavy atom. The smallest absolute Gasteiger partial charge is 0.140 e. The fourth-order valence-corrected chi connectivity index (χ4v) is 1.62. The highest BCUT2D eigenvalue weighted by atomic mass is 16.5. The van der Waals surface area contributed by atoms with Crippen LogP contribution in [-0.2, 0) is 4.79 Å². The van der Waals surface area contributed by atoms with Gasteiger partial charge in [0.05, 0.1) is 7.11 Å². The minimum atomic E-state index is 0.134. The zero-order valence-electron chi connectivity index (χ0n) is 7.62. The van der Waals surface area contributed by atoms with E-state index in [0.717, 1.165) is 24.2 Å². The van der Waals surface area contributed by atoms with Crippen LogP contribution in [0.3, 0.4) is 0 Å². The molecule has 0 bridgehead atoms. The average Bonchev–Trinajstić information content (AvgIpc) is 2.16. The first kappa shape index (κ1) is 8.30. The standard InChI is InChI=1S/C11H12O2/c1-13-9-4-2-3-8(7-9)10-5-6-11(10)12/h2-4,7,10H,5-6H2,1H3/t10-/m0/s1. The molecule has 1 aliphatic carbocycles. The molecule has 0 N–H and O–H groups in total. The summed E-state index contributed by atoms with van der Waals surface area (Å²) in [7, 11) is 1.64. The molecule has 0 saturated heterocycles. The third kappa shape index (κ3) is 1.44. The molecule has 0 aliphatic heterocycles. The van der Waals surface area contributed by atoms with Gasteiger partial charge in [0.2, 0.25) is 0 Å². The minimum absolute atomic E-state index is 0.134. The lowest BCUT2D eigenvalue weighted by molar-refractivity contribution is -0.125. The molecule has 1 fully saturated rings. The summed E-state index contributed by atoms with van der Waals surface area (Å²) in [5.74, 6) is 1.32. The maximum Gasteiger partial charge on any atom is 0.140 e. The minimum Gasteiger partial charge on any atom is -0.497 e. The molecule has 13 heavy (non-hydrogen) atoms. The monoisotopic (exact) mass is 176 g/mol. The number of Topliss-reactive ketones (excluding diaryl/α,β-unsaturated/α-hetero) is 1. The summed E-state index contributed by atoms with van der Waals surface area (Å²) in [6, 6.07) is 7.76. The van der Waals surface area contributed by atoms with E-state index >= 15 is 0 Å². The number of carbonyl (C=O) groups is 1. The molecular formula is C11H12O2. The molecule has 2 heteroatoms. The first-order valence-electron chi connectivity index (χ1n) is 4.48. The highest BCUT2D eigenvalue weighted by Gasteiger charge is 2.29. The van der Waals surface area contributed by atoms with Crippen LogP contribution in [0.15, 0.2) is 24.3 Å². The SMILES string of the molecule is COc1cccc([C@@H]2CCC2=O)c1. The van der Waals surface area contributed by atoms with Crippen molar-refractivity contribution in [3.8, 4) is 5.75 Å². The summed E-state index contributed by atoms with van der Waals surface area (Å²) in [6.45, 7) is 0. The van der Waals surface area contributed by atoms with Gasteiger partial charge in [-0.15, -0.1) is 0 Å². The van der Waals surface area contributed by atoms with Gasteiger partial charge in [-0.3, -0.25) is 4.79 Å². The normalized spacial score (nSPS) is 21.0. The zero-order valence-corrected chi connectivity index (χ0v) is 7.62. The molecule has 68 valence electrons. The van der Waals surface area contributed by atoms with Crippen molar-refractivity contribution in [2.45, 2.75) is 18.8 Å². The lowest BCUT2D eigenvalue weighted by atomic mass is 9.79. The van der Waals surface area contributed by atoms with Crippen molar-refractivity contribution in [2.24, 2.45) is 0 Å². The molecule has 1 saturated carbocycles. The fourth-order valence-electron chi connectivity index (χ4n) is 1.62. The molecule has 0 radical (unpaired) electrons. The van der Waals surface area contributed by atoms with E-state index in [1.54, 1.807) is 7.11 Å². The van der Waals surface area contributed by atoms with Gasteiger partial charge in [-0.05, 0) is 24.1 Å². The molecule has 1 atom stereocenters. The van der Waals surface area contributed by atoms with Crippen LogP contribution >= 0.6 is 0 Å². The molecule has 0 unspecified atom stereocenters. The number of ether oxygens (including phenoxy) is 1. The Labute approximate surface area is 77.5 Å². The summed E-state index contributed by atoms with van der Waals surface area (Å²) in [4.78, 5) is 11.2. The fraction of sp³-hybridized carbons (Fsp3) is 0.364. The Morgan fingerprint density at radius 2 is 2.31 bits per heavy atom. The summed E-state index contributed by atoms with van der Waals surface area (Å²) >= 11 is 0. The third-order valence-electron chi connectivity index (χ3n) is 2.56. The Hall–Kier alpha value is -1.31. The van der Waals surface area contributed by atoms with Crippen LogP contribution < -0.4 is 4.74 Å². The molecular weight excluding hydrogens is 164 g/mol. The zero-order chi connectivity index (χ0) is 9.26. The van der Waals surface area contributed by atoms with Crippen LogP contribution in [0.25, 0.3) is 0 Å². The second kappa shape index (κ2) is 3.21. The first-order valence-corrected chi connectivity index (χ1v) is 4.48. The maximum absolute atomic E-state index is 11.2. The third-order valence-corrected chi connectivity index (χ3v) is 2.56. The lowest BCUT2D eigenvalue weighted by Gasteiger charge is -2.24. The number of rotatable bonds is 2. The van der Waals surface area contributed by atoms with E-state index in [1.807, 2.05) is 24.3 Å². The molecule has 1 aromatic carbocycles. The van der Waals surface area contributed by atoms with Gasteiger partial charge in [0.1, 0.15) is 11.5 Å². The number of hydrogen-bond acceptors (Lipinski definition) is 2. The molecule has 1 aliphatic rings. The van der Waals surface area contributed by atoms with Gasteiger partial charge in [0.15, 0.2) is 0 Å². The van der Waals surface area contributed by atoms with Crippen molar-refractivity contribution < 1.29 is 9.53 Å². The van der Waals surface area contributed by atoms with E-state index in [4.69, 9.17) is 4.74 Å². The van der Waals surface area contributed by atoms with E-state index in [-0.39, 0.29) is 5.92 Å². The van der Waals surface area contributed by atoms with Crippen LogP contribution in [0.5, 0.6) is 5.75 Å². The van der Waals surface area contributed by atoms with Gasteiger partial charge >= 0.3 is 0 Å². The van der Waals surface area contributed by atoms with Crippen molar-refractivity contribution in [3.63, 3.8) is 0 Å². The molecule has 2 nitrogen and oxygen atoms in total. The van der Waals surface area contributed by atoms with Gasteiger partial charge in [-0.25, -0.2) is 0 Å². The molecule has 0 heterocycles. The van der Waals surface area contributed by atoms with Gasteiger partial charge < -0.3 is 4.74 Å². The van der Waals surface area contributed by atoms with Crippen LogP contribution in [-0.4, -0.2) is 12.9 Å². The second-order valence-corrected chi connectivity index (χ2v) is 3.33. The second-order valence-electron chi connectivity index (χ2n) is 3.33. The Bertz CT molecular complexity index is 331. The van der Waals surface area contributed by atoms with Crippen LogP contribution in [0.2, 0.25) is 0 Å². The molecule has 0 spiro atoms. The molecule has 0 aromatic heterocycles. The summed E-state index contributed by atoms with van der Waals surface area (Å²) < 4.78 is 5.10. The predicted molar refractivity (Wildman–Crippen MR) is 50.0 cm³/mol. The van der Waals surface area contributed by atoms with Gasteiger partial charge in [0, 0.05) is 12.3 Å². The highest BCUT2D eigenvalue weighted by Crippen LogP contribution is 2.34. The van der Waals surface area contributed by atoms with Crippen LogP contribution in [0.4, 0.5) is 0 Å². The summed E-state index contributed by atoms with van der Waals surface area (Å²) in [5.41, 5.74) is 1.09. The first-order chi connectivity index (χ1) is 6.31. The number of benzene rings is 1. The van der Waals surface area contributed by atoms with Gasteiger partial charge in [-0.2, -0.15) is 0 Å². The average molecular weight is 176 g/mol. The number of carbonyl (C=O) groups excluding carboxylic acids is 1. The molecule has 2 rings (SSSR count). The van der Waals surface area contributed by atoms with E-state index in [0.29, 0.717) is 5.78 Å². The topological polar surface area (TPSA) is 26.3 Å². The van der Waals surface area contributed by atoms with E-state index < -0.39 is 0 Å². The quantitative estimate of drug-likeness (QED) is 0.690. The Balaban J connectivity index is 2.24.